The number of hydrogen-bond donors (Lipinski definition) is 1. The number of methoxy groups -OCH3 is 1. The number of hydrogen-bond acceptors (Lipinski definition) is 5. The summed E-state index contributed by atoms with van der Waals surface area (Å²) in [6, 6.07) is 15.8. The van der Waals surface area contributed by atoms with Gasteiger partial charge in [0, 0.05) is 5.69 Å². The van der Waals surface area contributed by atoms with Crippen LogP contribution in [0.3, 0.4) is 0 Å². The SMILES string of the molecule is COc1ccc(COCc2cccc(Nc3ncncc3Cl)c2)cc1. The largest absolute Gasteiger partial charge is 0.497 e. The molecule has 0 saturated heterocycles. The van der Waals surface area contributed by atoms with Crippen LogP contribution in [0.2, 0.25) is 5.02 Å². The van der Waals surface area contributed by atoms with Crippen molar-refractivity contribution >= 4 is 23.1 Å². The van der Waals surface area contributed by atoms with Gasteiger partial charge in [-0.2, -0.15) is 0 Å². The number of rotatable bonds is 7. The average molecular weight is 356 g/mol. The molecule has 6 heteroatoms. The molecule has 0 radical (unpaired) electrons. The number of anilines is 2. The van der Waals surface area contributed by atoms with E-state index >= 15 is 0 Å². The molecular formula is C19H18ClN3O2. The molecule has 128 valence electrons. The molecule has 2 aromatic carbocycles. The molecule has 0 saturated carbocycles. The summed E-state index contributed by atoms with van der Waals surface area (Å²) in [6.07, 6.45) is 3.01. The fourth-order valence-corrected chi connectivity index (χ4v) is 2.44. The molecule has 0 fully saturated rings. The molecule has 3 aromatic rings. The Hall–Kier alpha value is -2.63. The summed E-state index contributed by atoms with van der Waals surface area (Å²) in [5.74, 6) is 1.42. The number of halogens is 1. The summed E-state index contributed by atoms with van der Waals surface area (Å²) in [5, 5.41) is 3.66. The third kappa shape index (κ3) is 4.92. The van der Waals surface area contributed by atoms with Crippen LogP contribution in [0.15, 0.2) is 61.1 Å². The molecule has 0 bridgehead atoms. The topological polar surface area (TPSA) is 56.3 Å². The Morgan fingerprint density at radius 3 is 2.60 bits per heavy atom. The number of nitrogens with one attached hydrogen (secondary N) is 1. The van der Waals surface area contributed by atoms with Crippen molar-refractivity contribution in [3.05, 3.63) is 77.2 Å². The number of ether oxygens (including phenoxy) is 2. The van der Waals surface area contributed by atoms with Crippen molar-refractivity contribution in [3.8, 4) is 5.75 Å². The summed E-state index contributed by atoms with van der Waals surface area (Å²) >= 11 is 6.07. The van der Waals surface area contributed by atoms with Gasteiger partial charge in [0.1, 0.15) is 17.1 Å². The summed E-state index contributed by atoms with van der Waals surface area (Å²) in [6.45, 7) is 1.05. The van der Waals surface area contributed by atoms with Gasteiger partial charge in [0.15, 0.2) is 5.82 Å². The molecule has 1 heterocycles. The smallest absolute Gasteiger partial charge is 0.152 e. The lowest BCUT2D eigenvalue weighted by Crippen LogP contribution is -1.98. The fraction of sp³-hybridized carbons (Fsp3) is 0.158. The third-order valence-corrected chi connectivity index (χ3v) is 3.83. The first-order valence-electron chi connectivity index (χ1n) is 7.77. The first-order valence-corrected chi connectivity index (χ1v) is 8.14. The maximum Gasteiger partial charge on any atom is 0.152 e. The van der Waals surface area contributed by atoms with Gasteiger partial charge in [-0.1, -0.05) is 35.9 Å². The van der Waals surface area contributed by atoms with Crippen LogP contribution in [0, 0.1) is 0 Å². The molecule has 25 heavy (non-hydrogen) atoms. The zero-order chi connectivity index (χ0) is 17.5. The second kappa shape index (κ2) is 8.46. The van der Waals surface area contributed by atoms with Crippen molar-refractivity contribution in [2.75, 3.05) is 12.4 Å². The molecule has 0 aliphatic rings. The minimum absolute atomic E-state index is 0.476. The Morgan fingerprint density at radius 1 is 1.04 bits per heavy atom. The van der Waals surface area contributed by atoms with E-state index < -0.39 is 0 Å². The highest BCUT2D eigenvalue weighted by Gasteiger charge is 2.03. The number of nitrogens with zero attached hydrogens (tertiary/aromatic N) is 2. The van der Waals surface area contributed by atoms with Gasteiger partial charge in [0.25, 0.3) is 0 Å². The molecule has 3 rings (SSSR count). The molecule has 0 unspecified atom stereocenters. The van der Waals surface area contributed by atoms with Crippen LogP contribution in [0.25, 0.3) is 0 Å². The van der Waals surface area contributed by atoms with Crippen molar-refractivity contribution in [3.63, 3.8) is 0 Å². The lowest BCUT2D eigenvalue weighted by Gasteiger charge is -2.09. The van der Waals surface area contributed by atoms with Crippen LogP contribution in [-0.4, -0.2) is 17.1 Å². The first kappa shape index (κ1) is 17.2. The van der Waals surface area contributed by atoms with Crippen molar-refractivity contribution in [2.24, 2.45) is 0 Å². The quantitative estimate of drug-likeness (QED) is 0.671. The van der Waals surface area contributed by atoms with Gasteiger partial charge in [0.2, 0.25) is 0 Å². The Bertz CT molecular complexity index is 825. The number of benzene rings is 2. The van der Waals surface area contributed by atoms with Gasteiger partial charge in [-0.15, -0.1) is 0 Å². The summed E-state index contributed by atoms with van der Waals surface area (Å²) < 4.78 is 10.9. The normalized spacial score (nSPS) is 10.5. The van der Waals surface area contributed by atoms with E-state index in [1.165, 1.54) is 6.33 Å². The van der Waals surface area contributed by atoms with Crippen LogP contribution >= 0.6 is 11.6 Å². The Labute approximate surface area is 151 Å². The highest BCUT2D eigenvalue weighted by Crippen LogP contribution is 2.22. The highest BCUT2D eigenvalue weighted by atomic mass is 35.5. The van der Waals surface area contributed by atoms with Crippen molar-refractivity contribution in [2.45, 2.75) is 13.2 Å². The van der Waals surface area contributed by atoms with Crippen LogP contribution in [-0.2, 0) is 18.0 Å². The molecule has 0 amide bonds. The second-order valence-electron chi connectivity index (χ2n) is 5.39. The summed E-state index contributed by atoms with van der Waals surface area (Å²) in [5.41, 5.74) is 3.05. The predicted octanol–water partition coefficient (Wildman–Crippen LogP) is 4.60. The standard InChI is InChI=1S/C19H18ClN3O2/c1-24-17-7-5-14(6-8-17)11-25-12-15-3-2-4-16(9-15)23-19-18(20)10-21-13-22-19/h2-10,13H,11-12H2,1H3,(H,21,22,23). The van der Waals surface area contributed by atoms with E-state index in [1.54, 1.807) is 13.3 Å². The van der Waals surface area contributed by atoms with E-state index in [0.29, 0.717) is 24.1 Å². The summed E-state index contributed by atoms with van der Waals surface area (Å²) in [4.78, 5) is 8.00. The van der Waals surface area contributed by atoms with Crippen LogP contribution in [0.1, 0.15) is 11.1 Å². The van der Waals surface area contributed by atoms with Crippen molar-refractivity contribution < 1.29 is 9.47 Å². The number of aromatic nitrogens is 2. The van der Waals surface area contributed by atoms with Crippen LogP contribution in [0.4, 0.5) is 11.5 Å². The van der Waals surface area contributed by atoms with E-state index in [4.69, 9.17) is 21.1 Å². The van der Waals surface area contributed by atoms with Gasteiger partial charge in [0.05, 0.1) is 26.5 Å². The van der Waals surface area contributed by atoms with Gasteiger partial charge in [-0.25, -0.2) is 9.97 Å². The Morgan fingerprint density at radius 2 is 1.84 bits per heavy atom. The van der Waals surface area contributed by atoms with Gasteiger partial charge in [-0.05, 0) is 35.4 Å². The van der Waals surface area contributed by atoms with E-state index in [2.05, 4.69) is 15.3 Å². The monoisotopic (exact) mass is 355 g/mol. The minimum Gasteiger partial charge on any atom is -0.497 e. The molecule has 0 spiro atoms. The van der Waals surface area contributed by atoms with Gasteiger partial charge < -0.3 is 14.8 Å². The van der Waals surface area contributed by atoms with Gasteiger partial charge >= 0.3 is 0 Å². The highest BCUT2D eigenvalue weighted by molar-refractivity contribution is 6.32. The molecule has 1 N–H and O–H groups in total. The van der Waals surface area contributed by atoms with E-state index in [0.717, 1.165) is 22.6 Å². The maximum atomic E-state index is 6.07. The third-order valence-electron chi connectivity index (χ3n) is 3.55. The molecular weight excluding hydrogens is 338 g/mol. The first-order chi connectivity index (χ1) is 12.2. The second-order valence-corrected chi connectivity index (χ2v) is 5.79. The molecule has 1 aromatic heterocycles. The molecule has 5 nitrogen and oxygen atoms in total. The van der Waals surface area contributed by atoms with Crippen molar-refractivity contribution in [1.82, 2.24) is 9.97 Å². The lowest BCUT2D eigenvalue weighted by molar-refractivity contribution is 0.107. The van der Waals surface area contributed by atoms with Crippen LogP contribution in [0.5, 0.6) is 5.75 Å². The fourth-order valence-electron chi connectivity index (χ4n) is 2.29. The molecule has 0 aliphatic heterocycles. The minimum atomic E-state index is 0.476. The Kier molecular flexibility index (Phi) is 5.82. The zero-order valence-corrected chi connectivity index (χ0v) is 14.5. The predicted molar refractivity (Wildman–Crippen MR) is 98.3 cm³/mol. The van der Waals surface area contributed by atoms with Gasteiger partial charge in [-0.3, -0.25) is 0 Å². The summed E-state index contributed by atoms with van der Waals surface area (Å²) in [7, 11) is 1.65. The van der Waals surface area contributed by atoms with E-state index in [9.17, 15) is 0 Å². The van der Waals surface area contributed by atoms with Crippen molar-refractivity contribution in [1.29, 1.82) is 0 Å². The average Bonchev–Trinajstić information content (AvgIpc) is 2.65. The van der Waals surface area contributed by atoms with E-state index in [-0.39, 0.29) is 0 Å². The maximum absolute atomic E-state index is 6.07. The molecule has 0 atom stereocenters. The Balaban J connectivity index is 1.57. The van der Waals surface area contributed by atoms with E-state index in [1.807, 2.05) is 48.5 Å². The zero-order valence-electron chi connectivity index (χ0n) is 13.8. The van der Waals surface area contributed by atoms with Crippen LogP contribution < -0.4 is 10.1 Å². The lowest BCUT2D eigenvalue weighted by atomic mass is 10.2. The molecule has 0 aliphatic carbocycles.